The van der Waals surface area contributed by atoms with Gasteiger partial charge in [-0.15, -0.1) is 0 Å². The standard InChI is InChI=1S/C22H27N3O/c1-17-7-9-19(10-8-17)16-25-20-12-14-23-21(15-20)22(26)24-13-11-18-5-3-2-4-6-18/h5,7-10,12,14-15H,2-4,6,11,13,16H2,1H3,(H,23,25)(H,24,26). The molecule has 1 aliphatic carbocycles. The summed E-state index contributed by atoms with van der Waals surface area (Å²) in [4.78, 5) is 16.5. The highest BCUT2D eigenvalue weighted by molar-refractivity contribution is 5.93. The maximum absolute atomic E-state index is 12.3. The molecule has 0 radical (unpaired) electrons. The lowest BCUT2D eigenvalue weighted by molar-refractivity contribution is 0.0949. The lowest BCUT2D eigenvalue weighted by atomic mass is 9.97. The third kappa shape index (κ3) is 5.45. The highest BCUT2D eigenvalue weighted by Gasteiger charge is 2.09. The number of carbonyl (C=O) groups is 1. The molecule has 2 aromatic rings. The molecule has 0 saturated heterocycles. The monoisotopic (exact) mass is 349 g/mol. The van der Waals surface area contributed by atoms with Gasteiger partial charge in [-0.25, -0.2) is 0 Å². The SMILES string of the molecule is Cc1ccc(CNc2ccnc(C(=O)NCCC3=CCCCC3)c2)cc1. The molecule has 0 spiro atoms. The minimum absolute atomic E-state index is 0.111. The molecule has 1 aromatic heterocycles. The van der Waals surface area contributed by atoms with Gasteiger partial charge in [-0.05, 0) is 56.7 Å². The van der Waals surface area contributed by atoms with Gasteiger partial charge in [0.2, 0.25) is 0 Å². The van der Waals surface area contributed by atoms with Crippen molar-refractivity contribution >= 4 is 11.6 Å². The number of aromatic nitrogens is 1. The molecule has 3 rings (SSSR count). The van der Waals surface area contributed by atoms with Crippen molar-refractivity contribution in [2.45, 2.75) is 45.6 Å². The number of hydrogen-bond acceptors (Lipinski definition) is 3. The third-order valence-corrected chi connectivity index (χ3v) is 4.73. The molecule has 0 atom stereocenters. The zero-order chi connectivity index (χ0) is 18.2. The van der Waals surface area contributed by atoms with E-state index in [2.05, 4.69) is 52.9 Å². The first-order valence-corrected chi connectivity index (χ1v) is 9.42. The van der Waals surface area contributed by atoms with Gasteiger partial charge in [0.1, 0.15) is 5.69 Å². The summed E-state index contributed by atoms with van der Waals surface area (Å²) in [6.07, 6.45) is 9.86. The lowest BCUT2D eigenvalue weighted by Gasteiger charge is -2.13. The number of aryl methyl sites for hydroxylation is 1. The van der Waals surface area contributed by atoms with Crippen LogP contribution in [0.3, 0.4) is 0 Å². The second kappa shape index (κ2) is 9.18. The van der Waals surface area contributed by atoms with E-state index in [0.29, 0.717) is 12.2 Å². The van der Waals surface area contributed by atoms with E-state index in [4.69, 9.17) is 0 Å². The fraction of sp³-hybridized carbons (Fsp3) is 0.364. The number of pyridine rings is 1. The Kier molecular flexibility index (Phi) is 6.42. The zero-order valence-corrected chi connectivity index (χ0v) is 15.4. The Hall–Kier alpha value is -2.62. The summed E-state index contributed by atoms with van der Waals surface area (Å²) in [5, 5.41) is 6.34. The van der Waals surface area contributed by atoms with Crippen LogP contribution in [-0.4, -0.2) is 17.4 Å². The van der Waals surface area contributed by atoms with Crippen molar-refractivity contribution in [1.82, 2.24) is 10.3 Å². The van der Waals surface area contributed by atoms with Crippen LogP contribution in [0.4, 0.5) is 5.69 Å². The largest absolute Gasteiger partial charge is 0.381 e. The molecular formula is C22H27N3O. The molecule has 0 saturated carbocycles. The van der Waals surface area contributed by atoms with E-state index < -0.39 is 0 Å². The molecule has 0 aliphatic heterocycles. The van der Waals surface area contributed by atoms with Gasteiger partial charge in [0.15, 0.2) is 0 Å². The highest BCUT2D eigenvalue weighted by Crippen LogP contribution is 2.19. The molecule has 1 heterocycles. The molecule has 1 aromatic carbocycles. The van der Waals surface area contributed by atoms with Crippen LogP contribution in [0.25, 0.3) is 0 Å². The van der Waals surface area contributed by atoms with Gasteiger partial charge in [-0.3, -0.25) is 9.78 Å². The molecular weight excluding hydrogens is 322 g/mol. The number of rotatable bonds is 7. The molecule has 26 heavy (non-hydrogen) atoms. The quantitative estimate of drug-likeness (QED) is 0.717. The molecule has 1 aliphatic rings. The van der Waals surface area contributed by atoms with Crippen molar-refractivity contribution in [3.63, 3.8) is 0 Å². The van der Waals surface area contributed by atoms with Crippen LogP contribution in [0.1, 0.15) is 53.7 Å². The molecule has 0 unspecified atom stereocenters. The Labute approximate surface area is 155 Å². The molecule has 0 bridgehead atoms. The summed E-state index contributed by atoms with van der Waals surface area (Å²) in [6.45, 7) is 3.47. The number of hydrogen-bond donors (Lipinski definition) is 2. The topological polar surface area (TPSA) is 54.0 Å². The maximum Gasteiger partial charge on any atom is 0.269 e. The fourth-order valence-electron chi connectivity index (χ4n) is 3.13. The first kappa shape index (κ1) is 18.2. The summed E-state index contributed by atoms with van der Waals surface area (Å²) in [5.41, 5.74) is 5.29. The second-order valence-corrected chi connectivity index (χ2v) is 6.88. The average molecular weight is 349 g/mol. The van der Waals surface area contributed by atoms with Crippen molar-refractivity contribution in [2.75, 3.05) is 11.9 Å². The summed E-state index contributed by atoms with van der Waals surface area (Å²) in [6, 6.07) is 12.1. The van der Waals surface area contributed by atoms with Crippen molar-refractivity contribution in [3.05, 3.63) is 71.1 Å². The zero-order valence-electron chi connectivity index (χ0n) is 15.4. The lowest BCUT2D eigenvalue weighted by Crippen LogP contribution is -2.25. The smallest absolute Gasteiger partial charge is 0.269 e. The van der Waals surface area contributed by atoms with Crippen molar-refractivity contribution in [1.29, 1.82) is 0 Å². The molecule has 4 nitrogen and oxygen atoms in total. The molecule has 1 amide bonds. The number of nitrogens with zero attached hydrogens (tertiary/aromatic N) is 1. The van der Waals surface area contributed by atoms with Crippen molar-refractivity contribution in [3.8, 4) is 0 Å². The predicted octanol–water partition coefficient (Wildman–Crippen LogP) is 4.62. The highest BCUT2D eigenvalue weighted by atomic mass is 16.1. The normalized spacial score (nSPS) is 13.8. The Bertz CT molecular complexity index is 765. The van der Waals surface area contributed by atoms with Gasteiger partial charge in [-0.2, -0.15) is 0 Å². The van der Waals surface area contributed by atoms with E-state index in [1.54, 1.807) is 6.20 Å². The third-order valence-electron chi connectivity index (χ3n) is 4.73. The van der Waals surface area contributed by atoms with Crippen LogP contribution in [0.2, 0.25) is 0 Å². The minimum atomic E-state index is -0.111. The van der Waals surface area contributed by atoms with Crippen molar-refractivity contribution in [2.24, 2.45) is 0 Å². The maximum atomic E-state index is 12.3. The Balaban J connectivity index is 1.50. The Morgan fingerprint density at radius 1 is 1.15 bits per heavy atom. The summed E-state index contributed by atoms with van der Waals surface area (Å²) >= 11 is 0. The van der Waals surface area contributed by atoms with Gasteiger partial charge in [0, 0.05) is 25.0 Å². The number of benzene rings is 1. The van der Waals surface area contributed by atoms with Crippen LogP contribution in [0.5, 0.6) is 0 Å². The Morgan fingerprint density at radius 2 is 2.00 bits per heavy atom. The van der Waals surface area contributed by atoms with Crippen molar-refractivity contribution < 1.29 is 4.79 Å². The predicted molar refractivity (Wildman–Crippen MR) is 106 cm³/mol. The van der Waals surface area contributed by atoms with E-state index in [9.17, 15) is 4.79 Å². The second-order valence-electron chi connectivity index (χ2n) is 6.88. The summed E-state index contributed by atoms with van der Waals surface area (Å²) < 4.78 is 0. The van der Waals surface area contributed by atoms with Crippen LogP contribution in [-0.2, 0) is 6.54 Å². The number of amides is 1. The van der Waals surface area contributed by atoms with E-state index in [0.717, 1.165) is 18.7 Å². The summed E-state index contributed by atoms with van der Waals surface area (Å²) in [7, 11) is 0. The van der Waals surface area contributed by atoms with E-state index >= 15 is 0 Å². The molecule has 4 heteroatoms. The van der Waals surface area contributed by atoms with Gasteiger partial charge in [-0.1, -0.05) is 41.5 Å². The van der Waals surface area contributed by atoms with Gasteiger partial charge in [0.25, 0.3) is 5.91 Å². The van der Waals surface area contributed by atoms with Gasteiger partial charge in [0.05, 0.1) is 0 Å². The van der Waals surface area contributed by atoms with Crippen LogP contribution in [0, 0.1) is 6.92 Å². The minimum Gasteiger partial charge on any atom is -0.381 e. The fourth-order valence-corrected chi connectivity index (χ4v) is 3.13. The number of carbonyl (C=O) groups excluding carboxylic acids is 1. The van der Waals surface area contributed by atoms with Crippen LogP contribution >= 0.6 is 0 Å². The van der Waals surface area contributed by atoms with Gasteiger partial charge < -0.3 is 10.6 Å². The van der Waals surface area contributed by atoms with Crippen LogP contribution in [0.15, 0.2) is 54.2 Å². The van der Waals surface area contributed by atoms with E-state index in [-0.39, 0.29) is 5.91 Å². The van der Waals surface area contributed by atoms with E-state index in [1.165, 1.54) is 42.4 Å². The van der Waals surface area contributed by atoms with Gasteiger partial charge >= 0.3 is 0 Å². The Morgan fingerprint density at radius 3 is 2.77 bits per heavy atom. The first-order valence-electron chi connectivity index (χ1n) is 9.42. The number of anilines is 1. The average Bonchev–Trinajstić information content (AvgIpc) is 2.68. The number of nitrogens with one attached hydrogen (secondary N) is 2. The molecule has 2 N–H and O–H groups in total. The van der Waals surface area contributed by atoms with E-state index in [1.807, 2.05) is 12.1 Å². The van der Waals surface area contributed by atoms with Crippen LogP contribution < -0.4 is 10.6 Å². The first-order chi connectivity index (χ1) is 12.7. The molecule has 136 valence electrons. The molecule has 0 fully saturated rings. The number of allylic oxidation sites excluding steroid dienone is 1. The summed E-state index contributed by atoms with van der Waals surface area (Å²) in [5.74, 6) is -0.111.